The Morgan fingerprint density at radius 3 is 2.21 bits per heavy atom. The van der Waals surface area contributed by atoms with Crippen LogP contribution in [-0.2, 0) is 0 Å². The maximum absolute atomic E-state index is 14.9. The second kappa shape index (κ2) is 9.96. The minimum absolute atomic E-state index is 0.230. The molecular formula is C36H28ClNO5. The zero-order chi connectivity index (χ0) is 30.0. The smallest absolute Gasteiger partial charge is 0.185 e. The van der Waals surface area contributed by atoms with Crippen molar-refractivity contribution in [3.8, 4) is 11.5 Å². The molecule has 0 aromatic heterocycles. The third-order valence-corrected chi connectivity index (χ3v) is 9.38. The van der Waals surface area contributed by atoms with E-state index in [9.17, 15) is 14.4 Å². The van der Waals surface area contributed by atoms with Gasteiger partial charge in [-0.15, -0.1) is 0 Å². The van der Waals surface area contributed by atoms with Crippen molar-refractivity contribution in [2.24, 2.45) is 5.41 Å². The van der Waals surface area contributed by atoms with Crippen LogP contribution in [0.4, 0.5) is 5.69 Å². The maximum Gasteiger partial charge on any atom is 0.185 e. The lowest BCUT2D eigenvalue weighted by Crippen LogP contribution is -2.48. The molecule has 1 spiro atoms. The van der Waals surface area contributed by atoms with Crippen LogP contribution in [0.5, 0.6) is 11.5 Å². The van der Waals surface area contributed by atoms with Crippen molar-refractivity contribution in [1.29, 1.82) is 0 Å². The molecule has 4 aromatic rings. The highest BCUT2D eigenvalue weighted by atomic mass is 35.5. The van der Waals surface area contributed by atoms with Crippen LogP contribution in [0.3, 0.4) is 0 Å². The van der Waals surface area contributed by atoms with Gasteiger partial charge in [-0.25, -0.2) is 0 Å². The molecule has 7 heteroatoms. The molecule has 3 aliphatic rings. The summed E-state index contributed by atoms with van der Waals surface area (Å²) in [6.07, 6.45) is 3.88. The number of carbonyl (C=O) groups excluding carboxylic acids is 3. The van der Waals surface area contributed by atoms with E-state index in [1.54, 1.807) is 60.7 Å². The van der Waals surface area contributed by atoms with Crippen LogP contribution in [0.15, 0.2) is 91.0 Å². The topological polar surface area (TPSA) is 72.9 Å². The quantitative estimate of drug-likeness (QED) is 0.185. The second-order valence-electron chi connectivity index (χ2n) is 11.2. The highest BCUT2D eigenvalue weighted by molar-refractivity contribution is 6.32. The number of para-hydroxylation sites is 1. The van der Waals surface area contributed by atoms with Gasteiger partial charge in [-0.2, -0.15) is 0 Å². The summed E-state index contributed by atoms with van der Waals surface area (Å²) in [5.41, 5.74) is 2.82. The van der Waals surface area contributed by atoms with Gasteiger partial charge in [0.1, 0.15) is 11.5 Å². The summed E-state index contributed by atoms with van der Waals surface area (Å²) >= 11 is 6.20. The number of fused-ring (bicyclic) bond motifs is 5. The summed E-state index contributed by atoms with van der Waals surface area (Å²) in [6.45, 7) is 2.01. The maximum atomic E-state index is 14.9. The van der Waals surface area contributed by atoms with Crippen LogP contribution in [-0.4, -0.2) is 43.7 Å². The van der Waals surface area contributed by atoms with Crippen LogP contribution in [0, 0.1) is 12.3 Å². The van der Waals surface area contributed by atoms with Gasteiger partial charge in [-0.05, 0) is 55.0 Å². The molecule has 2 heterocycles. The lowest BCUT2D eigenvalue weighted by Gasteiger charge is -2.37. The van der Waals surface area contributed by atoms with Gasteiger partial charge in [0.05, 0.1) is 20.3 Å². The summed E-state index contributed by atoms with van der Waals surface area (Å²) < 4.78 is 11.6. The molecule has 0 radical (unpaired) electrons. The number of ketones is 3. The highest BCUT2D eigenvalue weighted by Gasteiger charge is 2.72. The number of hydrogen-bond acceptors (Lipinski definition) is 6. The molecule has 6 nitrogen and oxygen atoms in total. The molecule has 3 atom stereocenters. The summed E-state index contributed by atoms with van der Waals surface area (Å²) in [4.78, 5) is 46.5. The number of benzene rings is 4. The summed E-state index contributed by atoms with van der Waals surface area (Å²) in [5, 5.41) is 0.502. The molecule has 0 amide bonds. The molecule has 43 heavy (non-hydrogen) atoms. The van der Waals surface area contributed by atoms with E-state index < -0.39 is 23.4 Å². The lowest BCUT2D eigenvalue weighted by atomic mass is 9.64. The first-order chi connectivity index (χ1) is 20.8. The Hall–Kier alpha value is -4.68. The zero-order valence-corrected chi connectivity index (χ0v) is 24.6. The Balaban J connectivity index is 1.58. The van der Waals surface area contributed by atoms with Gasteiger partial charge >= 0.3 is 0 Å². The van der Waals surface area contributed by atoms with E-state index in [0.717, 1.165) is 16.8 Å². The molecule has 214 valence electrons. The average molecular weight is 590 g/mol. The lowest BCUT2D eigenvalue weighted by molar-refractivity contribution is 0.0664. The van der Waals surface area contributed by atoms with Crippen molar-refractivity contribution in [2.45, 2.75) is 24.9 Å². The fourth-order valence-electron chi connectivity index (χ4n) is 7.38. The average Bonchev–Trinajstić information content (AvgIpc) is 3.46. The van der Waals surface area contributed by atoms with Gasteiger partial charge in [0.25, 0.3) is 0 Å². The minimum atomic E-state index is -1.64. The van der Waals surface area contributed by atoms with Gasteiger partial charge in [-0.1, -0.05) is 71.8 Å². The van der Waals surface area contributed by atoms with E-state index in [1.165, 1.54) is 14.2 Å². The number of nitrogens with zero attached hydrogens (tertiary/aromatic N) is 1. The molecule has 0 bridgehead atoms. The number of ether oxygens (including phenoxy) is 2. The number of methoxy groups -OCH3 is 2. The van der Waals surface area contributed by atoms with Gasteiger partial charge in [-0.3, -0.25) is 14.4 Å². The van der Waals surface area contributed by atoms with Crippen molar-refractivity contribution in [3.05, 3.63) is 129 Å². The van der Waals surface area contributed by atoms with Crippen LogP contribution in [0.1, 0.15) is 53.7 Å². The van der Waals surface area contributed by atoms with Crippen molar-refractivity contribution in [2.75, 3.05) is 19.1 Å². The van der Waals surface area contributed by atoms with E-state index >= 15 is 0 Å². The third-order valence-electron chi connectivity index (χ3n) is 9.13. The Morgan fingerprint density at radius 1 is 0.860 bits per heavy atom. The highest BCUT2D eigenvalue weighted by Crippen LogP contribution is 2.62. The van der Waals surface area contributed by atoms with Crippen molar-refractivity contribution < 1.29 is 23.9 Å². The predicted molar refractivity (Wildman–Crippen MR) is 166 cm³/mol. The number of rotatable bonds is 5. The fraction of sp³-hybridized carbons (Fsp3) is 0.194. The van der Waals surface area contributed by atoms with E-state index in [1.807, 2.05) is 48.2 Å². The van der Waals surface area contributed by atoms with Crippen LogP contribution < -0.4 is 14.4 Å². The van der Waals surface area contributed by atoms with Crippen LogP contribution in [0.25, 0.3) is 6.08 Å². The zero-order valence-electron chi connectivity index (χ0n) is 23.8. The second-order valence-corrected chi connectivity index (χ2v) is 11.7. The molecule has 1 saturated heterocycles. The first kappa shape index (κ1) is 27.2. The summed E-state index contributed by atoms with van der Waals surface area (Å²) in [7, 11) is 3.06. The van der Waals surface area contributed by atoms with Gasteiger partial charge < -0.3 is 14.4 Å². The van der Waals surface area contributed by atoms with Crippen molar-refractivity contribution >= 4 is 40.7 Å². The largest absolute Gasteiger partial charge is 0.493 e. The monoisotopic (exact) mass is 589 g/mol. The molecule has 0 unspecified atom stereocenters. The third kappa shape index (κ3) is 3.69. The van der Waals surface area contributed by atoms with E-state index in [-0.39, 0.29) is 17.3 Å². The molecule has 7 rings (SSSR count). The Kier molecular flexibility index (Phi) is 6.29. The van der Waals surface area contributed by atoms with Crippen LogP contribution >= 0.6 is 11.6 Å². The summed E-state index contributed by atoms with van der Waals surface area (Å²) in [6, 6.07) is 23.4. The predicted octanol–water partition coefficient (Wildman–Crippen LogP) is 6.98. The Morgan fingerprint density at radius 2 is 1.56 bits per heavy atom. The van der Waals surface area contributed by atoms with E-state index in [0.29, 0.717) is 38.8 Å². The molecule has 1 aliphatic carbocycles. The number of carbonyl (C=O) groups is 3. The van der Waals surface area contributed by atoms with Crippen LogP contribution in [0.2, 0.25) is 5.02 Å². The SMILES string of the molecule is COc1cccc([C@H]2[C@@H](C(=O)c3ccc(Cl)cc3)N3c4ccc(C)cc4C=C[C@H]3C23C(=O)c2ccccc2C3=O)c1OC. The van der Waals surface area contributed by atoms with Crippen molar-refractivity contribution in [1.82, 2.24) is 0 Å². The Labute approximate surface area is 254 Å². The van der Waals surface area contributed by atoms with Gasteiger partial charge in [0, 0.05) is 38.9 Å². The number of aryl methyl sites for hydroxylation is 1. The normalized spacial score (nSPS) is 21.0. The van der Waals surface area contributed by atoms with E-state index in [2.05, 4.69) is 0 Å². The fourth-order valence-corrected chi connectivity index (χ4v) is 7.51. The first-order valence-corrected chi connectivity index (χ1v) is 14.5. The molecule has 1 fully saturated rings. The Bertz CT molecular complexity index is 1830. The van der Waals surface area contributed by atoms with E-state index in [4.69, 9.17) is 21.1 Å². The summed E-state index contributed by atoms with van der Waals surface area (Å²) in [5.74, 6) is -0.927. The van der Waals surface area contributed by atoms with Gasteiger partial charge in [0.2, 0.25) is 0 Å². The van der Waals surface area contributed by atoms with Gasteiger partial charge in [0.15, 0.2) is 28.8 Å². The van der Waals surface area contributed by atoms with Crippen molar-refractivity contribution in [3.63, 3.8) is 0 Å². The standard InChI is InChI=1S/C36H28ClNO5/c1-20-11-17-27-22(19-20)14-18-29-36(34(40)24-7-4-5-8-25(24)35(36)41)30(26-9-6-10-28(42-2)33(26)43-3)31(38(27)29)32(39)21-12-15-23(37)16-13-21/h4-19,29-31H,1-3H3/t29-,30-,31-/m0/s1. The molecule has 0 N–H and O–H groups in total. The number of Topliss-reactive ketones (excluding diaryl/α,β-unsaturated/α-hetero) is 3. The molecule has 0 saturated carbocycles. The molecular weight excluding hydrogens is 562 g/mol. The minimum Gasteiger partial charge on any atom is -0.493 e. The molecule has 4 aromatic carbocycles. The number of halogens is 1. The first-order valence-electron chi connectivity index (χ1n) is 14.1. The molecule has 2 aliphatic heterocycles. The number of anilines is 1. The number of hydrogen-bond donors (Lipinski definition) is 0.